The molecule has 0 amide bonds. The summed E-state index contributed by atoms with van der Waals surface area (Å²) in [5.74, 6) is 2.49. The molecule has 3 heteroatoms. The zero-order valence-corrected chi connectivity index (χ0v) is 17.7. The predicted molar refractivity (Wildman–Crippen MR) is 108 cm³/mol. The Labute approximate surface area is 165 Å². The molecule has 0 aromatic carbocycles. The van der Waals surface area contributed by atoms with Gasteiger partial charge in [-0.3, -0.25) is 0 Å². The number of hydrogen-bond donors (Lipinski definition) is 3. The van der Waals surface area contributed by atoms with Crippen LogP contribution in [0.3, 0.4) is 0 Å². The number of hydrogen-bond acceptors (Lipinski definition) is 3. The van der Waals surface area contributed by atoms with Crippen molar-refractivity contribution in [3.05, 3.63) is 11.6 Å². The van der Waals surface area contributed by atoms with Gasteiger partial charge in [0.2, 0.25) is 0 Å². The maximum atomic E-state index is 11.0. The molecule has 3 N–H and O–H groups in total. The lowest BCUT2D eigenvalue weighted by molar-refractivity contribution is -0.0834. The highest BCUT2D eigenvalue weighted by atomic mass is 16.3. The van der Waals surface area contributed by atoms with E-state index in [2.05, 4.69) is 19.9 Å². The Bertz CT molecular complexity index is 605. The third-order valence-corrected chi connectivity index (χ3v) is 9.32. The van der Waals surface area contributed by atoms with Crippen molar-refractivity contribution in [2.75, 3.05) is 0 Å². The Morgan fingerprint density at radius 3 is 2.56 bits per heavy atom. The fourth-order valence-electron chi connectivity index (χ4n) is 7.97. The van der Waals surface area contributed by atoms with Crippen LogP contribution >= 0.6 is 0 Å². The summed E-state index contributed by atoms with van der Waals surface area (Å²) in [4.78, 5) is 0. The van der Waals surface area contributed by atoms with Crippen molar-refractivity contribution in [3.63, 3.8) is 0 Å². The number of allylic oxidation sites excluding steroid dienone is 1. The molecule has 0 aromatic rings. The van der Waals surface area contributed by atoms with Crippen LogP contribution in [-0.2, 0) is 0 Å². The molecule has 3 nitrogen and oxygen atoms in total. The van der Waals surface area contributed by atoms with Gasteiger partial charge in [0, 0.05) is 6.42 Å². The van der Waals surface area contributed by atoms with Crippen molar-refractivity contribution in [2.45, 2.75) is 103 Å². The molecule has 0 radical (unpaired) electrons. The van der Waals surface area contributed by atoms with Crippen LogP contribution < -0.4 is 0 Å². The monoisotopic (exact) mass is 376 g/mol. The molecule has 4 rings (SSSR count). The van der Waals surface area contributed by atoms with Gasteiger partial charge in [-0.15, -0.1) is 0 Å². The van der Waals surface area contributed by atoms with Crippen molar-refractivity contribution < 1.29 is 15.3 Å². The van der Waals surface area contributed by atoms with Crippen molar-refractivity contribution >= 4 is 0 Å². The van der Waals surface area contributed by atoms with Gasteiger partial charge >= 0.3 is 0 Å². The minimum Gasteiger partial charge on any atom is -0.393 e. The van der Waals surface area contributed by atoms with Gasteiger partial charge in [-0.25, -0.2) is 0 Å². The first kappa shape index (κ1) is 19.9. The quantitative estimate of drug-likeness (QED) is 0.638. The molecule has 0 spiro atoms. The lowest BCUT2D eigenvalue weighted by Gasteiger charge is -2.58. The van der Waals surface area contributed by atoms with Gasteiger partial charge in [0.05, 0.1) is 17.8 Å². The normalized spacial score (nSPS) is 48.3. The molecule has 0 aromatic heterocycles. The Balaban J connectivity index is 1.57. The second kappa shape index (κ2) is 6.57. The van der Waals surface area contributed by atoms with Gasteiger partial charge in [0.25, 0.3) is 0 Å². The van der Waals surface area contributed by atoms with E-state index in [9.17, 15) is 15.3 Å². The average molecular weight is 377 g/mol. The first-order valence-corrected chi connectivity index (χ1v) is 11.3. The van der Waals surface area contributed by atoms with Crippen molar-refractivity contribution in [1.82, 2.24) is 0 Å². The molecular weight excluding hydrogens is 336 g/mol. The Morgan fingerprint density at radius 2 is 1.85 bits per heavy atom. The van der Waals surface area contributed by atoms with Gasteiger partial charge < -0.3 is 15.3 Å². The summed E-state index contributed by atoms with van der Waals surface area (Å²) in [7, 11) is 0. The van der Waals surface area contributed by atoms with Crippen molar-refractivity contribution in [2.24, 2.45) is 34.5 Å². The molecule has 0 bridgehead atoms. The zero-order chi connectivity index (χ0) is 19.6. The SMILES string of the molecule is CC(C)(O)C[C@@H](O)[C@H]1CC[C@H]2[C@@H]3CC=C4C[C@@H](O)CC[C@]4(C)[C@H]3CC[C@]12C. The fraction of sp³-hybridized carbons (Fsp3) is 0.917. The molecule has 4 aliphatic carbocycles. The molecule has 4 aliphatic rings. The van der Waals surface area contributed by atoms with E-state index in [4.69, 9.17) is 0 Å². The highest BCUT2D eigenvalue weighted by Gasteiger charge is 2.59. The van der Waals surface area contributed by atoms with Crippen molar-refractivity contribution in [3.8, 4) is 0 Å². The smallest absolute Gasteiger partial charge is 0.0616 e. The third-order valence-electron chi connectivity index (χ3n) is 9.32. The molecule has 0 unspecified atom stereocenters. The molecule has 3 saturated carbocycles. The molecule has 27 heavy (non-hydrogen) atoms. The Kier molecular flexibility index (Phi) is 4.85. The minimum absolute atomic E-state index is 0.137. The van der Waals surface area contributed by atoms with E-state index in [1.807, 2.05) is 13.8 Å². The second-order valence-corrected chi connectivity index (χ2v) is 11.5. The van der Waals surface area contributed by atoms with Gasteiger partial charge in [0.15, 0.2) is 0 Å². The maximum absolute atomic E-state index is 11.0. The molecule has 0 saturated heterocycles. The van der Waals surface area contributed by atoms with Crippen LogP contribution in [0.25, 0.3) is 0 Å². The van der Waals surface area contributed by atoms with Gasteiger partial charge in [0.1, 0.15) is 0 Å². The van der Waals surface area contributed by atoms with Gasteiger partial charge in [-0.1, -0.05) is 25.5 Å². The van der Waals surface area contributed by atoms with Crippen LogP contribution in [0.4, 0.5) is 0 Å². The first-order valence-electron chi connectivity index (χ1n) is 11.3. The largest absolute Gasteiger partial charge is 0.393 e. The first-order chi connectivity index (χ1) is 12.5. The molecule has 154 valence electrons. The minimum atomic E-state index is -0.802. The van der Waals surface area contributed by atoms with Gasteiger partial charge in [-0.2, -0.15) is 0 Å². The summed E-state index contributed by atoms with van der Waals surface area (Å²) in [6, 6.07) is 0. The summed E-state index contributed by atoms with van der Waals surface area (Å²) >= 11 is 0. The van der Waals surface area contributed by atoms with E-state index < -0.39 is 11.7 Å². The lowest BCUT2D eigenvalue weighted by atomic mass is 9.47. The summed E-state index contributed by atoms with van der Waals surface area (Å²) in [5.41, 5.74) is 1.22. The summed E-state index contributed by atoms with van der Waals surface area (Å²) in [6.07, 6.45) is 11.4. The average Bonchev–Trinajstić information content (AvgIpc) is 2.91. The molecular formula is C24H40O3. The number of aliphatic hydroxyl groups is 3. The van der Waals surface area contributed by atoms with Gasteiger partial charge in [-0.05, 0) is 99.7 Å². The predicted octanol–water partition coefficient (Wildman–Crippen LogP) is 4.45. The van der Waals surface area contributed by atoms with Crippen LogP contribution in [0, 0.1) is 34.5 Å². The Hall–Kier alpha value is -0.380. The third kappa shape index (κ3) is 3.22. The van der Waals surface area contributed by atoms with Crippen LogP contribution in [0.5, 0.6) is 0 Å². The Morgan fingerprint density at radius 1 is 1.11 bits per heavy atom. The summed E-state index contributed by atoms with van der Waals surface area (Å²) < 4.78 is 0. The van der Waals surface area contributed by atoms with E-state index in [1.54, 1.807) is 0 Å². The molecule has 8 atom stereocenters. The zero-order valence-electron chi connectivity index (χ0n) is 17.7. The summed E-state index contributed by atoms with van der Waals surface area (Å²) in [5, 5.41) is 31.3. The van der Waals surface area contributed by atoms with E-state index in [0.717, 1.165) is 43.9 Å². The van der Waals surface area contributed by atoms with E-state index in [0.29, 0.717) is 18.3 Å². The standard InChI is InChI=1S/C24H40O3/c1-22(2,27)14-21(26)20-8-7-18-17-6-5-15-13-16(25)9-11-23(15,3)19(17)10-12-24(18,20)4/h5,16-21,25-27H,6-14H2,1-4H3/t16-,17-,18-,19-,20+,21+,23-,24-/m0/s1. The lowest BCUT2D eigenvalue weighted by Crippen LogP contribution is -2.51. The van der Waals surface area contributed by atoms with E-state index in [1.165, 1.54) is 24.8 Å². The second-order valence-electron chi connectivity index (χ2n) is 11.5. The molecule has 0 heterocycles. The number of aliphatic hydroxyl groups excluding tert-OH is 2. The van der Waals surface area contributed by atoms with Crippen molar-refractivity contribution in [1.29, 1.82) is 0 Å². The van der Waals surface area contributed by atoms with Crippen LogP contribution in [0.15, 0.2) is 11.6 Å². The highest BCUT2D eigenvalue weighted by Crippen LogP contribution is 2.66. The van der Waals surface area contributed by atoms with Crippen LogP contribution in [0.2, 0.25) is 0 Å². The van der Waals surface area contributed by atoms with Crippen LogP contribution in [-0.4, -0.2) is 33.1 Å². The maximum Gasteiger partial charge on any atom is 0.0616 e. The summed E-state index contributed by atoms with van der Waals surface area (Å²) in [6.45, 7) is 8.53. The topological polar surface area (TPSA) is 60.7 Å². The number of fused-ring (bicyclic) bond motifs is 5. The molecule has 0 aliphatic heterocycles. The van der Waals surface area contributed by atoms with Crippen LogP contribution in [0.1, 0.15) is 85.5 Å². The molecule has 3 fully saturated rings. The number of rotatable bonds is 3. The fourth-order valence-corrected chi connectivity index (χ4v) is 7.97. The van der Waals surface area contributed by atoms with E-state index in [-0.39, 0.29) is 16.9 Å². The highest BCUT2D eigenvalue weighted by molar-refractivity contribution is 5.25. The van der Waals surface area contributed by atoms with E-state index >= 15 is 0 Å².